The maximum Gasteiger partial charge on any atom is 0.408 e. The molecular weight excluding hydrogens is 242 g/mol. The van der Waals surface area contributed by atoms with Crippen molar-refractivity contribution in [3.05, 3.63) is 0 Å². The number of amides is 1. The number of nitrogens with one attached hydrogen (secondary N) is 1. The van der Waals surface area contributed by atoms with Crippen LogP contribution >= 0.6 is 12.6 Å². The Kier molecular flexibility index (Phi) is 5.81. The highest BCUT2D eigenvalue weighted by Crippen LogP contribution is 2.09. The molecule has 1 N–H and O–H groups in total. The highest BCUT2D eigenvalue weighted by Gasteiger charge is 2.25. The number of rotatable bonds is 4. The number of carbonyl (C=O) groups is 2. The van der Waals surface area contributed by atoms with E-state index in [1.807, 2.05) is 0 Å². The van der Waals surface area contributed by atoms with Gasteiger partial charge in [0.2, 0.25) is 0 Å². The van der Waals surface area contributed by atoms with Crippen molar-refractivity contribution in [1.82, 2.24) is 5.32 Å². The van der Waals surface area contributed by atoms with E-state index in [2.05, 4.69) is 17.9 Å². The third-order valence-corrected chi connectivity index (χ3v) is 1.82. The Hall–Kier alpha value is -0.910. The molecule has 6 heteroatoms. The summed E-state index contributed by atoms with van der Waals surface area (Å²) >= 11 is 3.78. The molecule has 0 unspecified atom stereocenters. The Bertz CT molecular complexity index is 284. The van der Waals surface area contributed by atoms with Crippen LogP contribution in [0.2, 0.25) is 0 Å². The largest absolute Gasteiger partial charge is 0.463 e. The van der Waals surface area contributed by atoms with Gasteiger partial charge in [-0.25, -0.2) is 4.79 Å². The molecule has 17 heavy (non-hydrogen) atoms. The molecule has 0 saturated heterocycles. The lowest BCUT2D eigenvalue weighted by molar-refractivity contribution is -0.142. The van der Waals surface area contributed by atoms with Crippen LogP contribution in [-0.2, 0) is 14.3 Å². The summed E-state index contributed by atoms with van der Waals surface area (Å²) < 4.78 is 10.0. The SMILES string of the molecule is CC(C)(COC(=O)CS)NC(=O)OC(C)(C)C. The minimum absolute atomic E-state index is 0.0164. The number of thiol groups is 1. The molecule has 0 aliphatic rings. The summed E-state index contributed by atoms with van der Waals surface area (Å²) in [5.41, 5.74) is -1.23. The van der Waals surface area contributed by atoms with Gasteiger partial charge in [0.05, 0.1) is 11.3 Å². The molecule has 0 aromatic heterocycles. The number of esters is 1. The third-order valence-electron chi connectivity index (χ3n) is 1.56. The molecule has 100 valence electrons. The van der Waals surface area contributed by atoms with Crippen LogP contribution in [0.15, 0.2) is 0 Å². The first-order valence-electron chi connectivity index (χ1n) is 5.33. The Morgan fingerprint density at radius 3 is 2.12 bits per heavy atom. The molecular formula is C11H21NO4S. The van der Waals surface area contributed by atoms with E-state index in [1.165, 1.54) is 0 Å². The Morgan fingerprint density at radius 1 is 1.18 bits per heavy atom. The third kappa shape index (κ3) is 8.85. The van der Waals surface area contributed by atoms with E-state index < -0.39 is 23.2 Å². The summed E-state index contributed by atoms with van der Waals surface area (Å²) in [7, 11) is 0. The van der Waals surface area contributed by atoms with Gasteiger partial charge in [0.1, 0.15) is 12.2 Å². The van der Waals surface area contributed by atoms with E-state index in [0.717, 1.165) is 0 Å². The molecule has 0 heterocycles. The average molecular weight is 263 g/mol. The number of carbonyl (C=O) groups excluding carboxylic acids is 2. The second-order valence-corrected chi connectivity index (χ2v) is 5.65. The molecule has 0 aromatic carbocycles. The molecule has 0 spiro atoms. The molecule has 0 aliphatic heterocycles. The van der Waals surface area contributed by atoms with Crippen LogP contribution in [0.5, 0.6) is 0 Å². The number of hydrogen-bond donors (Lipinski definition) is 2. The Labute approximate surface area is 108 Å². The van der Waals surface area contributed by atoms with E-state index in [1.54, 1.807) is 34.6 Å². The van der Waals surface area contributed by atoms with Crippen molar-refractivity contribution in [3.63, 3.8) is 0 Å². The molecule has 0 aliphatic carbocycles. The number of alkyl carbamates (subject to hydrolysis) is 1. The van der Waals surface area contributed by atoms with Gasteiger partial charge >= 0.3 is 12.1 Å². The van der Waals surface area contributed by atoms with Gasteiger partial charge < -0.3 is 14.8 Å². The molecule has 0 aromatic rings. The van der Waals surface area contributed by atoms with Gasteiger partial charge in [-0.1, -0.05) is 0 Å². The maximum atomic E-state index is 11.5. The summed E-state index contributed by atoms with van der Waals surface area (Å²) in [6.07, 6.45) is -0.538. The second kappa shape index (κ2) is 6.14. The van der Waals surface area contributed by atoms with Crippen molar-refractivity contribution in [3.8, 4) is 0 Å². The summed E-state index contributed by atoms with van der Waals surface area (Å²) in [6, 6.07) is 0. The minimum atomic E-state index is -0.680. The van der Waals surface area contributed by atoms with Crippen LogP contribution in [-0.4, -0.2) is 35.6 Å². The maximum absolute atomic E-state index is 11.5. The van der Waals surface area contributed by atoms with Crippen LogP contribution in [0.1, 0.15) is 34.6 Å². The van der Waals surface area contributed by atoms with Crippen molar-refractivity contribution in [1.29, 1.82) is 0 Å². The van der Waals surface area contributed by atoms with Gasteiger partial charge in [0.15, 0.2) is 0 Å². The van der Waals surface area contributed by atoms with Crippen LogP contribution < -0.4 is 5.32 Å². The molecule has 0 saturated carbocycles. The first-order valence-corrected chi connectivity index (χ1v) is 5.97. The van der Waals surface area contributed by atoms with E-state index in [9.17, 15) is 9.59 Å². The lowest BCUT2D eigenvalue weighted by Gasteiger charge is -2.28. The lowest BCUT2D eigenvalue weighted by atomic mass is 10.1. The van der Waals surface area contributed by atoms with E-state index in [-0.39, 0.29) is 12.4 Å². The standard InChI is InChI=1S/C11H21NO4S/c1-10(2,3)16-9(14)12-11(4,5)7-15-8(13)6-17/h17H,6-7H2,1-5H3,(H,12,14). The fourth-order valence-electron chi connectivity index (χ4n) is 0.923. The van der Waals surface area contributed by atoms with Gasteiger partial charge in [-0.3, -0.25) is 4.79 Å². The number of ether oxygens (including phenoxy) is 2. The summed E-state index contributed by atoms with van der Waals surface area (Å²) in [6.45, 7) is 8.89. The lowest BCUT2D eigenvalue weighted by Crippen LogP contribution is -2.49. The van der Waals surface area contributed by atoms with Crippen molar-refractivity contribution >= 4 is 24.7 Å². The van der Waals surface area contributed by atoms with Crippen molar-refractivity contribution < 1.29 is 19.1 Å². The smallest absolute Gasteiger partial charge is 0.408 e. The monoisotopic (exact) mass is 263 g/mol. The van der Waals surface area contributed by atoms with Crippen molar-refractivity contribution in [2.75, 3.05) is 12.4 Å². The molecule has 0 rings (SSSR count). The van der Waals surface area contributed by atoms with Gasteiger partial charge in [-0.15, -0.1) is 0 Å². The topological polar surface area (TPSA) is 64.6 Å². The van der Waals surface area contributed by atoms with Crippen LogP contribution in [0, 0.1) is 0 Å². The van der Waals surface area contributed by atoms with E-state index >= 15 is 0 Å². The predicted octanol–water partition coefficient (Wildman–Crippen LogP) is 1.76. The van der Waals surface area contributed by atoms with E-state index in [4.69, 9.17) is 9.47 Å². The Balaban J connectivity index is 4.16. The number of hydrogen-bond acceptors (Lipinski definition) is 5. The zero-order chi connectivity index (χ0) is 13.7. The predicted molar refractivity (Wildman–Crippen MR) is 68.3 cm³/mol. The highest BCUT2D eigenvalue weighted by atomic mass is 32.1. The van der Waals surface area contributed by atoms with Gasteiger partial charge in [0, 0.05) is 0 Å². The molecule has 5 nitrogen and oxygen atoms in total. The van der Waals surface area contributed by atoms with Gasteiger partial charge in [-0.05, 0) is 34.6 Å². The summed E-state index contributed by atoms with van der Waals surface area (Å²) in [5.74, 6) is -0.407. The molecule has 0 bridgehead atoms. The molecule has 1 amide bonds. The molecule has 0 atom stereocenters. The van der Waals surface area contributed by atoms with Gasteiger partial charge in [0.25, 0.3) is 0 Å². The fraction of sp³-hybridized carbons (Fsp3) is 0.818. The van der Waals surface area contributed by atoms with Crippen molar-refractivity contribution in [2.45, 2.75) is 45.8 Å². The summed E-state index contributed by atoms with van der Waals surface area (Å²) in [4.78, 5) is 22.4. The van der Waals surface area contributed by atoms with Crippen LogP contribution in [0.3, 0.4) is 0 Å². The first-order chi connectivity index (χ1) is 7.56. The molecule has 0 radical (unpaired) electrons. The molecule has 0 fully saturated rings. The van der Waals surface area contributed by atoms with Crippen molar-refractivity contribution in [2.24, 2.45) is 0 Å². The summed E-state index contributed by atoms with van der Waals surface area (Å²) in [5, 5.41) is 2.63. The van der Waals surface area contributed by atoms with Gasteiger partial charge in [-0.2, -0.15) is 12.6 Å². The average Bonchev–Trinajstić information content (AvgIpc) is 2.10. The quantitative estimate of drug-likeness (QED) is 0.599. The second-order valence-electron chi connectivity index (χ2n) is 5.33. The zero-order valence-corrected chi connectivity index (χ0v) is 11.9. The normalized spacial score (nSPS) is 11.9. The van der Waals surface area contributed by atoms with E-state index in [0.29, 0.717) is 0 Å². The highest BCUT2D eigenvalue weighted by molar-refractivity contribution is 7.81. The Morgan fingerprint density at radius 2 is 1.71 bits per heavy atom. The van der Waals surface area contributed by atoms with Crippen LogP contribution in [0.25, 0.3) is 0 Å². The first kappa shape index (κ1) is 16.1. The minimum Gasteiger partial charge on any atom is -0.463 e. The van der Waals surface area contributed by atoms with Crippen LogP contribution in [0.4, 0.5) is 4.79 Å². The zero-order valence-electron chi connectivity index (χ0n) is 11.0. The fourth-order valence-corrected chi connectivity index (χ4v) is 1.01.